The van der Waals surface area contributed by atoms with E-state index in [4.69, 9.17) is 5.73 Å². The largest absolute Gasteiger partial charge is 0.369 e. The van der Waals surface area contributed by atoms with Crippen LogP contribution in [0, 0.1) is 14.4 Å². The molecule has 0 aromatic carbocycles. The van der Waals surface area contributed by atoms with Gasteiger partial charge in [0.05, 0.1) is 11.6 Å². The van der Waals surface area contributed by atoms with Gasteiger partial charge in [-0.1, -0.05) is 6.07 Å². The molecule has 1 atom stereocenters. The van der Waals surface area contributed by atoms with Crippen molar-refractivity contribution in [2.75, 3.05) is 0 Å². The van der Waals surface area contributed by atoms with Crippen molar-refractivity contribution >= 4 is 5.91 Å². The van der Waals surface area contributed by atoms with Crippen LogP contribution in [0.1, 0.15) is 24.2 Å². The van der Waals surface area contributed by atoms with E-state index in [1.54, 1.807) is 6.92 Å². The number of aryl methyl sites for hydroxylation is 1. The van der Waals surface area contributed by atoms with Crippen molar-refractivity contribution in [3.63, 3.8) is 0 Å². The average molecular weight is 363 g/mol. The number of aromatic nitrogens is 1. The molecule has 0 aliphatic carbocycles. The minimum atomic E-state index is -0.340. The van der Waals surface area contributed by atoms with Gasteiger partial charge in [-0.2, -0.15) is 0 Å². The summed E-state index contributed by atoms with van der Waals surface area (Å²) >= 11 is 0. The van der Waals surface area contributed by atoms with Crippen molar-refractivity contribution in [3.05, 3.63) is 37.0 Å². The fraction of sp³-hybridized carbons (Fsp3) is 0.300. The van der Waals surface area contributed by atoms with Gasteiger partial charge in [-0.05, 0) is 26.0 Å². The van der Waals surface area contributed by atoms with Crippen molar-refractivity contribution in [2.45, 2.75) is 19.8 Å². The van der Waals surface area contributed by atoms with Crippen molar-refractivity contribution in [3.8, 4) is 0 Å². The molecule has 0 aliphatic heterocycles. The number of hydrogen-bond acceptors (Lipinski definition) is 2. The van der Waals surface area contributed by atoms with Gasteiger partial charge in [0.25, 0.3) is 0 Å². The summed E-state index contributed by atoms with van der Waals surface area (Å²) in [5, 5.41) is 0. The van der Waals surface area contributed by atoms with E-state index < -0.39 is 0 Å². The Bertz CT molecular complexity index is 302. The third-order valence-corrected chi connectivity index (χ3v) is 1.78. The zero-order valence-electron chi connectivity index (χ0n) is 8.65. The Morgan fingerprint density at radius 3 is 2.50 bits per heavy atom. The maximum absolute atomic E-state index is 10.8. The number of hydrogen-bond donors (Lipinski definition) is 1. The van der Waals surface area contributed by atoms with Crippen LogP contribution in [0.5, 0.6) is 0 Å². The van der Waals surface area contributed by atoms with Gasteiger partial charge in [0.15, 0.2) is 0 Å². The molecule has 4 heteroatoms. The second-order valence-electron chi connectivity index (χ2n) is 2.83. The summed E-state index contributed by atoms with van der Waals surface area (Å²) in [5.41, 5.74) is 6.78. The molecular weight excluding hydrogens is 348 g/mol. The molecule has 1 rings (SSSR count). The van der Waals surface area contributed by atoms with Gasteiger partial charge >= 0.3 is 0 Å². The second kappa shape index (κ2) is 6.72. The summed E-state index contributed by atoms with van der Waals surface area (Å²) in [6, 6.07) is 5.57. The predicted molar refractivity (Wildman–Crippen MR) is 53.0 cm³/mol. The van der Waals surface area contributed by atoms with Crippen molar-refractivity contribution < 1.29 is 25.9 Å². The van der Waals surface area contributed by atoms with Crippen LogP contribution < -0.4 is 5.73 Å². The van der Waals surface area contributed by atoms with E-state index in [1.165, 1.54) is 0 Å². The summed E-state index contributed by atoms with van der Waals surface area (Å²) in [7, 11) is 0. The Morgan fingerprint density at radius 1 is 1.50 bits per heavy atom. The smallest absolute Gasteiger partial charge is 0.226 e. The van der Waals surface area contributed by atoms with Crippen LogP contribution in [-0.2, 0) is 25.9 Å². The third-order valence-electron chi connectivity index (χ3n) is 1.78. The number of amides is 1. The van der Waals surface area contributed by atoms with Crippen molar-refractivity contribution in [1.82, 2.24) is 4.98 Å². The van der Waals surface area contributed by atoms with E-state index in [0.717, 1.165) is 11.4 Å². The number of nitrogens with zero attached hydrogens (tertiary/aromatic N) is 1. The molecule has 1 aromatic heterocycles. The fourth-order valence-electron chi connectivity index (χ4n) is 0.951. The zero-order valence-corrected chi connectivity index (χ0v) is 11.6. The van der Waals surface area contributed by atoms with Crippen LogP contribution in [0.4, 0.5) is 0 Å². The van der Waals surface area contributed by atoms with E-state index in [1.807, 2.05) is 25.1 Å². The first-order valence-electron chi connectivity index (χ1n) is 3.84. The second-order valence-corrected chi connectivity index (χ2v) is 2.83. The molecule has 1 aromatic rings. The molecule has 0 saturated carbocycles. The Hall–Kier alpha value is -0.692. The number of primary amides is 1. The standard InChI is InChI=1S/C9H12N2O.CH3.W/c1-6-4-3-5-8(11-6)7(2)9(10)12;;/h3-5,7H,1-2H3,(H2,10,12);1H3;/q;-1;. The van der Waals surface area contributed by atoms with Gasteiger partial charge in [-0.3, -0.25) is 9.78 Å². The molecule has 3 nitrogen and oxygen atoms in total. The molecule has 1 amide bonds. The van der Waals surface area contributed by atoms with Crippen LogP contribution in [0.15, 0.2) is 18.2 Å². The summed E-state index contributed by atoms with van der Waals surface area (Å²) in [4.78, 5) is 15.0. The number of nitrogens with two attached hydrogens (primary N) is 1. The Balaban J connectivity index is 0. The average Bonchev–Trinajstić information content (AvgIpc) is 2.03. The van der Waals surface area contributed by atoms with Gasteiger partial charge in [-0.25, -0.2) is 0 Å². The van der Waals surface area contributed by atoms with Crippen LogP contribution >= 0.6 is 0 Å². The van der Waals surface area contributed by atoms with E-state index in [0.29, 0.717) is 0 Å². The van der Waals surface area contributed by atoms with Gasteiger partial charge in [0.2, 0.25) is 5.91 Å². The van der Waals surface area contributed by atoms with E-state index in [-0.39, 0.29) is 40.3 Å². The van der Waals surface area contributed by atoms with Crippen LogP contribution in [0.3, 0.4) is 0 Å². The quantitative estimate of drug-likeness (QED) is 0.809. The van der Waals surface area contributed by atoms with Crippen LogP contribution in [-0.4, -0.2) is 10.9 Å². The maximum Gasteiger partial charge on any atom is 0.226 e. The maximum atomic E-state index is 10.8. The third kappa shape index (κ3) is 4.01. The monoisotopic (exact) mass is 363 g/mol. The molecule has 0 fully saturated rings. The molecule has 0 spiro atoms. The summed E-state index contributed by atoms with van der Waals surface area (Å²) in [6.07, 6.45) is 0. The van der Waals surface area contributed by atoms with E-state index in [2.05, 4.69) is 4.98 Å². The Labute approximate surface area is 99.4 Å². The van der Waals surface area contributed by atoms with Crippen molar-refractivity contribution in [2.24, 2.45) is 5.73 Å². The molecule has 0 radical (unpaired) electrons. The zero-order chi connectivity index (χ0) is 9.14. The molecule has 2 N–H and O–H groups in total. The number of carbonyl (C=O) groups is 1. The molecule has 78 valence electrons. The van der Waals surface area contributed by atoms with Gasteiger partial charge < -0.3 is 13.2 Å². The fourth-order valence-corrected chi connectivity index (χ4v) is 0.951. The van der Waals surface area contributed by atoms with E-state index >= 15 is 0 Å². The molecule has 14 heavy (non-hydrogen) atoms. The predicted octanol–water partition coefficient (Wildman–Crippen LogP) is 1.43. The number of rotatable bonds is 2. The van der Waals surface area contributed by atoms with Gasteiger partial charge in [0.1, 0.15) is 0 Å². The minimum absolute atomic E-state index is 0. The van der Waals surface area contributed by atoms with Crippen molar-refractivity contribution in [1.29, 1.82) is 0 Å². The molecule has 0 saturated heterocycles. The summed E-state index contributed by atoms with van der Waals surface area (Å²) < 4.78 is 0. The normalized spacial score (nSPS) is 10.7. The summed E-state index contributed by atoms with van der Waals surface area (Å²) in [6.45, 7) is 3.64. The first-order chi connectivity index (χ1) is 5.61. The van der Waals surface area contributed by atoms with Crippen LogP contribution in [0.25, 0.3) is 0 Å². The molecule has 1 heterocycles. The number of pyridine rings is 1. The Morgan fingerprint density at radius 2 is 2.07 bits per heavy atom. The molecule has 0 aliphatic rings. The first kappa shape index (κ1) is 15.8. The van der Waals surface area contributed by atoms with Gasteiger partial charge in [-0.15, -0.1) is 0 Å². The topological polar surface area (TPSA) is 56.0 Å². The molecule has 0 bridgehead atoms. The van der Waals surface area contributed by atoms with Crippen LogP contribution in [0.2, 0.25) is 0 Å². The van der Waals surface area contributed by atoms with E-state index in [9.17, 15) is 4.79 Å². The SMILES string of the molecule is Cc1cccc(C(C)C(N)=O)n1.[CH3-].[W]. The molecule has 1 unspecified atom stereocenters. The summed E-state index contributed by atoms with van der Waals surface area (Å²) in [5.74, 6) is -0.641. The minimum Gasteiger partial charge on any atom is -0.369 e. The first-order valence-corrected chi connectivity index (χ1v) is 3.84. The number of carbonyl (C=O) groups excluding carboxylic acids is 1. The Kier molecular flexibility index (Phi) is 7.56. The molecular formula is C10H15N2OW-. The van der Waals surface area contributed by atoms with Gasteiger partial charge in [0, 0.05) is 26.8 Å².